The zero-order valence-electron chi connectivity index (χ0n) is 11.1. The number of benzene rings is 1. The lowest BCUT2D eigenvalue weighted by atomic mass is 10.2. The summed E-state index contributed by atoms with van der Waals surface area (Å²) >= 11 is 0. The average Bonchev–Trinajstić information content (AvgIpc) is 2.47. The quantitative estimate of drug-likeness (QED) is 0.401. The molecule has 2 aromatic rings. The third kappa shape index (κ3) is 2.80. The van der Waals surface area contributed by atoms with Gasteiger partial charge in [0.1, 0.15) is 16.8 Å². The number of fused-ring (bicyclic) bond motifs is 1. The molecule has 102 valence electrons. The van der Waals surface area contributed by atoms with Crippen LogP contribution in [0.15, 0.2) is 46.9 Å². The number of methoxy groups -OCH3 is 1. The zero-order chi connectivity index (χ0) is 14.5. The fourth-order valence-corrected chi connectivity index (χ4v) is 1.62. The second kappa shape index (κ2) is 5.92. The number of aliphatic imine (C=N–C) groups is 1. The largest absolute Gasteiger partial charge is 0.512 e. The van der Waals surface area contributed by atoms with Crippen LogP contribution in [0.5, 0.6) is 0 Å². The normalized spacial score (nSPS) is 12.5. The molecule has 0 amide bonds. The van der Waals surface area contributed by atoms with E-state index in [1.54, 1.807) is 24.5 Å². The number of hydrogen-bond acceptors (Lipinski definition) is 6. The molecule has 6 heteroatoms. The van der Waals surface area contributed by atoms with Gasteiger partial charge in [0, 0.05) is 18.6 Å². The molecule has 0 saturated carbocycles. The zero-order valence-corrected chi connectivity index (χ0v) is 11.1. The summed E-state index contributed by atoms with van der Waals surface area (Å²) in [4.78, 5) is 24.0. The molecule has 2 rings (SSSR count). The van der Waals surface area contributed by atoms with E-state index in [1.807, 2.05) is 6.07 Å². The smallest absolute Gasteiger partial charge is 0.342 e. The second-order valence-corrected chi connectivity index (χ2v) is 3.95. The summed E-state index contributed by atoms with van der Waals surface area (Å²) in [7, 11) is 1.24. The maximum atomic E-state index is 11.5. The number of esters is 1. The molecule has 0 aliphatic heterocycles. The Morgan fingerprint density at radius 3 is 2.80 bits per heavy atom. The van der Waals surface area contributed by atoms with Crippen molar-refractivity contribution in [1.29, 1.82) is 0 Å². The molecular weight excluding hydrogens is 258 g/mol. The van der Waals surface area contributed by atoms with Crippen LogP contribution in [0.3, 0.4) is 0 Å². The minimum absolute atomic E-state index is 0.00612. The molecule has 0 atom stereocenters. The molecule has 0 aliphatic carbocycles. The van der Waals surface area contributed by atoms with E-state index in [0.717, 1.165) is 0 Å². The van der Waals surface area contributed by atoms with Crippen molar-refractivity contribution in [2.24, 2.45) is 4.99 Å². The van der Waals surface area contributed by atoms with Crippen molar-refractivity contribution < 1.29 is 14.6 Å². The predicted molar refractivity (Wildman–Crippen MR) is 75.0 cm³/mol. The molecule has 0 saturated heterocycles. The summed E-state index contributed by atoms with van der Waals surface area (Å²) in [6, 6.07) is 5.35. The highest BCUT2D eigenvalue weighted by Gasteiger charge is 2.11. The van der Waals surface area contributed by atoms with Gasteiger partial charge in [-0.3, -0.25) is 15.0 Å². The van der Waals surface area contributed by atoms with E-state index in [1.165, 1.54) is 20.2 Å². The van der Waals surface area contributed by atoms with Crippen LogP contribution in [0, 0.1) is 0 Å². The lowest BCUT2D eigenvalue weighted by Crippen LogP contribution is -2.08. The number of ether oxygens (including phenoxy) is 1. The topological polar surface area (TPSA) is 84.7 Å². The van der Waals surface area contributed by atoms with Crippen LogP contribution in [-0.2, 0) is 9.53 Å². The van der Waals surface area contributed by atoms with Gasteiger partial charge in [-0.25, -0.2) is 4.79 Å². The van der Waals surface area contributed by atoms with E-state index in [9.17, 15) is 9.90 Å². The van der Waals surface area contributed by atoms with Gasteiger partial charge in [0.2, 0.25) is 0 Å². The SMILES string of the molecule is COC(=O)/C(C=Nc1cccc2nccnc12)=C(\C)O. The summed E-state index contributed by atoms with van der Waals surface area (Å²) in [5.41, 5.74) is 1.86. The number of rotatable bonds is 3. The highest BCUT2D eigenvalue weighted by atomic mass is 16.5. The Morgan fingerprint density at radius 2 is 2.10 bits per heavy atom. The van der Waals surface area contributed by atoms with Gasteiger partial charge in [0.25, 0.3) is 0 Å². The maximum Gasteiger partial charge on any atom is 0.342 e. The van der Waals surface area contributed by atoms with Gasteiger partial charge >= 0.3 is 5.97 Å². The lowest BCUT2D eigenvalue weighted by molar-refractivity contribution is -0.135. The molecule has 0 unspecified atom stereocenters. The Labute approximate surface area is 115 Å². The van der Waals surface area contributed by atoms with Crippen LogP contribution in [0.25, 0.3) is 11.0 Å². The Morgan fingerprint density at radius 1 is 1.35 bits per heavy atom. The molecular formula is C14H13N3O3. The maximum absolute atomic E-state index is 11.5. The van der Waals surface area contributed by atoms with E-state index in [2.05, 4.69) is 19.7 Å². The number of carbonyl (C=O) groups is 1. The van der Waals surface area contributed by atoms with Crippen molar-refractivity contribution in [3.05, 3.63) is 41.9 Å². The molecule has 1 N–H and O–H groups in total. The van der Waals surface area contributed by atoms with Gasteiger partial charge in [-0.15, -0.1) is 0 Å². The van der Waals surface area contributed by atoms with E-state index in [0.29, 0.717) is 16.7 Å². The minimum Gasteiger partial charge on any atom is -0.512 e. The van der Waals surface area contributed by atoms with E-state index in [4.69, 9.17) is 0 Å². The Balaban J connectivity index is 2.44. The minimum atomic E-state index is -0.653. The molecule has 0 bridgehead atoms. The van der Waals surface area contributed by atoms with Crippen LogP contribution < -0.4 is 0 Å². The third-order valence-electron chi connectivity index (χ3n) is 2.61. The van der Waals surface area contributed by atoms with Crippen molar-refractivity contribution >= 4 is 28.9 Å². The van der Waals surface area contributed by atoms with Gasteiger partial charge in [0.05, 0.1) is 18.3 Å². The number of carbonyl (C=O) groups excluding carboxylic acids is 1. The van der Waals surface area contributed by atoms with Crippen molar-refractivity contribution in [1.82, 2.24) is 9.97 Å². The summed E-state index contributed by atoms with van der Waals surface area (Å²) in [5, 5.41) is 9.46. The first-order valence-corrected chi connectivity index (χ1v) is 5.85. The summed E-state index contributed by atoms with van der Waals surface area (Å²) < 4.78 is 4.57. The van der Waals surface area contributed by atoms with E-state index < -0.39 is 5.97 Å². The van der Waals surface area contributed by atoms with Gasteiger partial charge in [0.15, 0.2) is 0 Å². The number of aliphatic hydroxyl groups is 1. The molecule has 1 heterocycles. The van der Waals surface area contributed by atoms with Crippen LogP contribution in [0.2, 0.25) is 0 Å². The van der Waals surface area contributed by atoms with Crippen LogP contribution in [0.1, 0.15) is 6.92 Å². The fourth-order valence-electron chi connectivity index (χ4n) is 1.62. The number of allylic oxidation sites excluding steroid dienone is 1. The second-order valence-electron chi connectivity index (χ2n) is 3.95. The predicted octanol–water partition coefficient (Wildman–Crippen LogP) is 2.34. The lowest BCUT2D eigenvalue weighted by Gasteiger charge is -2.02. The first kappa shape index (κ1) is 13.7. The Kier molecular flexibility index (Phi) is 4.05. The van der Waals surface area contributed by atoms with Gasteiger partial charge in [-0.2, -0.15) is 0 Å². The van der Waals surface area contributed by atoms with E-state index >= 15 is 0 Å². The van der Waals surface area contributed by atoms with Crippen LogP contribution in [0.4, 0.5) is 5.69 Å². The van der Waals surface area contributed by atoms with Crippen LogP contribution in [-0.4, -0.2) is 34.4 Å². The molecule has 0 aliphatic rings. The summed E-state index contributed by atoms with van der Waals surface area (Å²) in [6.07, 6.45) is 4.41. The highest BCUT2D eigenvalue weighted by Crippen LogP contribution is 2.22. The van der Waals surface area contributed by atoms with Crippen molar-refractivity contribution in [2.45, 2.75) is 6.92 Å². The molecule has 1 aromatic carbocycles. The molecule has 0 fully saturated rings. The summed E-state index contributed by atoms with van der Waals surface area (Å²) in [6.45, 7) is 1.39. The number of aliphatic hydroxyl groups excluding tert-OH is 1. The number of aromatic nitrogens is 2. The van der Waals surface area contributed by atoms with Crippen molar-refractivity contribution in [3.8, 4) is 0 Å². The van der Waals surface area contributed by atoms with Gasteiger partial charge < -0.3 is 9.84 Å². The van der Waals surface area contributed by atoms with E-state index in [-0.39, 0.29) is 11.3 Å². The number of nitrogens with zero attached hydrogens (tertiary/aromatic N) is 3. The first-order chi connectivity index (χ1) is 9.63. The molecule has 6 nitrogen and oxygen atoms in total. The standard InChI is InChI=1S/C14H13N3O3/c1-9(18)10(14(19)20-2)8-17-12-5-3-4-11-13(12)16-7-6-15-11/h3-8,18H,1-2H3/b10-9+,17-8?. The number of para-hydroxylation sites is 1. The van der Waals surface area contributed by atoms with Gasteiger partial charge in [-0.1, -0.05) is 6.07 Å². The third-order valence-corrected chi connectivity index (χ3v) is 2.61. The molecule has 20 heavy (non-hydrogen) atoms. The Bertz CT molecular complexity index is 698. The summed E-state index contributed by atoms with van der Waals surface area (Å²) in [5.74, 6) is -0.813. The Hall–Kier alpha value is -2.76. The molecule has 1 aromatic heterocycles. The highest BCUT2D eigenvalue weighted by molar-refractivity contribution is 6.10. The number of hydrogen-bond donors (Lipinski definition) is 1. The average molecular weight is 271 g/mol. The van der Waals surface area contributed by atoms with Crippen molar-refractivity contribution in [2.75, 3.05) is 7.11 Å². The monoisotopic (exact) mass is 271 g/mol. The van der Waals surface area contributed by atoms with Crippen LogP contribution >= 0.6 is 0 Å². The van der Waals surface area contributed by atoms with Gasteiger partial charge in [-0.05, 0) is 19.1 Å². The van der Waals surface area contributed by atoms with Crippen molar-refractivity contribution in [3.63, 3.8) is 0 Å². The molecule has 0 radical (unpaired) electrons. The first-order valence-electron chi connectivity index (χ1n) is 5.85. The molecule has 0 spiro atoms. The fraction of sp³-hybridized carbons (Fsp3) is 0.143.